The molecule has 2 atom stereocenters. The fraction of sp³-hybridized carbons (Fsp3) is 1.00. The second-order valence-electron chi connectivity index (χ2n) is 5.80. The van der Waals surface area contributed by atoms with E-state index in [4.69, 9.17) is 0 Å². The molecule has 2 rings (SSSR count). The largest absolute Gasteiger partial charge is 0.298 e. The monoisotopic (exact) mass is 246 g/mol. The van der Waals surface area contributed by atoms with E-state index in [2.05, 4.69) is 18.7 Å². The number of rotatable bonds is 3. The molecule has 2 saturated heterocycles. The first-order valence-corrected chi connectivity index (χ1v) is 6.84. The van der Waals surface area contributed by atoms with Crippen LogP contribution < -0.4 is 0 Å². The third-order valence-corrected chi connectivity index (χ3v) is 4.23. The summed E-state index contributed by atoms with van der Waals surface area (Å²) in [7, 11) is 0. The standard InChI is InChI=1S/C13H24F2N2/c1-10(2)12-8-16-6-4-3-5-11(16)7-17(12)9-13(14)15/h10-13H,3-9H2,1-2H3. The maximum Gasteiger partial charge on any atom is 0.251 e. The van der Waals surface area contributed by atoms with Crippen molar-refractivity contribution < 1.29 is 8.78 Å². The van der Waals surface area contributed by atoms with Gasteiger partial charge >= 0.3 is 0 Å². The van der Waals surface area contributed by atoms with Gasteiger partial charge in [-0.2, -0.15) is 0 Å². The topological polar surface area (TPSA) is 6.48 Å². The van der Waals surface area contributed by atoms with Crippen molar-refractivity contribution in [2.75, 3.05) is 26.2 Å². The Morgan fingerprint density at radius 1 is 1.18 bits per heavy atom. The summed E-state index contributed by atoms with van der Waals surface area (Å²) < 4.78 is 25.2. The Morgan fingerprint density at radius 3 is 2.59 bits per heavy atom. The molecule has 2 aliphatic heterocycles. The summed E-state index contributed by atoms with van der Waals surface area (Å²) in [6.07, 6.45) is 1.52. The fourth-order valence-corrected chi connectivity index (χ4v) is 3.29. The first-order chi connectivity index (χ1) is 8.08. The highest BCUT2D eigenvalue weighted by molar-refractivity contribution is 4.92. The summed E-state index contributed by atoms with van der Waals surface area (Å²) in [5, 5.41) is 0. The molecule has 100 valence electrons. The summed E-state index contributed by atoms with van der Waals surface area (Å²) in [5.74, 6) is 0.455. The second-order valence-corrected chi connectivity index (χ2v) is 5.80. The van der Waals surface area contributed by atoms with Gasteiger partial charge in [-0.3, -0.25) is 9.80 Å². The van der Waals surface area contributed by atoms with E-state index in [-0.39, 0.29) is 6.54 Å². The highest BCUT2D eigenvalue weighted by Crippen LogP contribution is 2.27. The lowest BCUT2D eigenvalue weighted by Gasteiger charge is -2.49. The normalized spacial score (nSPS) is 32.1. The summed E-state index contributed by atoms with van der Waals surface area (Å²) in [4.78, 5) is 4.55. The van der Waals surface area contributed by atoms with Crippen LogP contribution in [-0.4, -0.2) is 54.5 Å². The van der Waals surface area contributed by atoms with E-state index in [1.165, 1.54) is 19.3 Å². The van der Waals surface area contributed by atoms with Gasteiger partial charge in [-0.25, -0.2) is 8.78 Å². The second kappa shape index (κ2) is 5.61. The molecule has 4 heteroatoms. The fourth-order valence-electron chi connectivity index (χ4n) is 3.29. The highest BCUT2D eigenvalue weighted by atomic mass is 19.3. The number of halogens is 2. The van der Waals surface area contributed by atoms with E-state index in [0.717, 1.165) is 19.6 Å². The summed E-state index contributed by atoms with van der Waals surface area (Å²) in [6.45, 7) is 7.23. The van der Waals surface area contributed by atoms with E-state index >= 15 is 0 Å². The molecular formula is C13H24F2N2. The molecule has 0 aromatic heterocycles. The lowest BCUT2D eigenvalue weighted by atomic mass is 9.92. The Labute approximate surface area is 103 Å². The molecule has 0 bridgehead atoms. The molecule has 2 fully saturated rings. The molecule has 0 saturated carbocycles. The van der Waals surface area contributed by atoms with Crippen LogP contribution in [0.1, 0.15) is 33.1 Å². The quantitative estimate of drug-likeness (QED) is 0.754. The molecule has 0 aromatic carbocycles. The van der Waals surface area contributed by atoms with Crippen molar-refractivity contribution in [2.24, 2.45) is 5.92 Å². The maximum atomic E-state index is 12.6. The number of hydrogen-bond donors (Lipinski definition) is 0. The summed E-state index contributed by atoms with van der Waals surface area (Å²) in [6, 6.07) is 0.829. The van der Waals surface area contributed by atoms with Crippen LogP contribution in [0.2, 0.25) is 0 Å². The molecule has 0 radical (unpaired) electrons. The van der Waals surface area contributed by atoms with E-state index < -0.39 is 6.43 Å². The molecule has 0 spiro atoms. The van der Waals surface area contributed by atoms with Crippen molar-refractivity contribution >= 4 is 0 Å². The van der Waals surface area contributed by atoms with Gasteiger partial charge in [0.1, 0.15) is 0 Å². The molecule has 2 unspecified atom stereocenters. The van der Waals surface area contributed by atoms with Crippen molar-refractivity contribution in [1.29, 1.82) is 0 Å². The van der Waals surface area contributed by atoms with Crippen LogP contribution in [-0.2, 0) is 0 Å². The number of alkyl halides is 2. The lowest BCUT2D eigenvalue weighted by molar-refractivity contribution is -0.0335. The van der Waals surface area contributed by atoms with Gasteiger partial charge in [0, 0.05) is 25.2 Å². The van der Waals surface area contributed by atoms with Crippen molar-refractivity contribution in [2.45, 2.75) is 51.6 Å². The van der Waals surface area contributed by atoms with Crippen molar-refractivity contribution in [3.63, 3.8) is 0 Å². The summed E-state index contributed by atoms with van der Waals surface area (Å²) in [5.41, 5.74) is 0. The third kappa shape index (κ3) is 3.16. The minimum Gasteiger partial charge on any atom is -0.298 e. The minimum atomic E-state index is -2.20. The average molecular weight is 246 g/mol. The van der Waals surface area contributed by atoms with Gasteiger partial charge in [0.25, 0.3) is 6.43 Å². The first-order valence-electron chi connectivity index (χ1n) is 6.84. The van der Waals surface area contributed by atoms with Crippen LogP contribution in [0.25, 0.3) is 0 Å². The predicted octanol–water partition coefficient (Wildman–Crippen LogP) is 2.45. The van der Waals surface area contributed by atoms with E-state index in [0.29, 0.717) is 18.0 Å². The van der Waals surface area contributed by atoms with Crippen molar-refractivity contribution in [3.8, 4) is 0 Å². The zero-order chi connectivity index (χ0) is 12.4. The van der Waals surface area contributed by atoms with Crippen LogP contribution in [0.3, 0.4) is 0 Å². The van der Waals surface area contributed by atoms with Gasteiger partial charge in [0.2, 0.25) is 0 Å². The lowest BCUT2D eigenvalue weighted by Crippen LogP contribution is -2.61. The van der Waals surface area contributed by atoms with E-state index in [9.17, 15) is 8.78 Å². The van der Waals surface area contributed by atoms with Crippen LogP contribution >= 0.6 is 0 Å². The zero-order valence-corrected chi connectivity index (χ0v) is 10.9. The van der Waals surface area contributed by atoms with Crippen molar-refractivity contribution in [3.05, 3.63) is 0 Å². The van der Waals surface area contributed by atoms with Crippen molar-refractivity contribution in [1.82, 2.24) is 9.80 Å². The molecule has 17 heavy (non-hydrogen) atoms. The average Bonchev–Trinajstić information content (AvgIpc) is 2.27. The van der Waals surface area contributed by atoms with Crippen LogP contribution in [0, 0.1) is 5.92 Å². The van der Waals surface area contributed by atoms with Gasteiger partial charge in [-0.15, -0.1) is 0 Å². The molecule has 2 aliphatic rings. The molecule has 0 amide bonds. The van der Waals surface area contributed by atoms with Crippen LogP contribution in [0.15, 0.2) is 0 Å². The van der Waals surface area contributed by atoms with Crippen LogP contribution in [0.4, 0.5) is 8.78 Å². The predicted molar refractivity (Wildman–Crippen MR) is 65.4 cm³/mol. The Bertz CT molecular complexity index is 246. The minimum absolute atomic E-state index is 0.0484. The van der Waals surface area contributed by atoms with E-state index in [1.54, 1.807) is 0 Å². The molecular weight excluding hydrogens is 222 g/mol. The summed E-state index contributed by atoms with van der Waals surface area (Å²) >= 11 is 0. The number of piperidine rings is 1. The molecule has 2 nitrogen and oxygen atoms in total. The molecule has 2 heterocycles. The molecule has 0 aromatic rings. The smallest absolute Gasteiger partial charge is 0.251 e. The van der Waals surface area contributed by atoms with E-state index in [1.807, 2.05) is 4.90 Å². The zero-order valence-electron chi connectivity index (χ0n) is 10.9. The van der Waals surface area contributed by atoms with Gasteiger partial charge in [-0.1, -0.05) is 20.3 Å². The maximum absolute atomic E-state index is 12.6. The first kappa shape index (κ1) is 13.2. The molecule has 0 N–H and O–H groups in total. The highest BCUT2D eigenvalue weighted by Gasteiger charge is 2.36. The third-order valence-electron chi connectivity index (χ3n) is 4.23. The Kier molecular flexibility index (Phi) is 4.36. The Balaban J connectivity index is 2.02. The number of fused-ring (bicyclic) bond motifs is 1. The van der Waals surface area contributed by atoms with Gasteiger partial charge in [0.15, 0.2) is 0 Å². The number of nitrogens with zero attached hydrogens (tertiary/aromatic N) is 2. The van der Waals surface area contributed by atoms with Gasteiger partial charge in [0.05, 0.1) is 6.54 Å². The number of hydrogen-bond acceptors (Lipinski definition) is 2. The van der Waals surface area contributed by atoms with Gasteiger partial charge < -0.3 is 0 Å². The SMILES string of the molecule is CC(C)C1CN2CCCCC2CN1CC(F)F. The number of piperazine rings is 1. The Morgan fingerprint density at radius 2 is 1.94 bits per heavy atom. The Hall–Kier alpha value is -0.220. The van der Waals surface area contributed by atoms with Gasteiger partial charge in [-0.05, 0) is 25.3 Å². The molecule has 0 aliphatic carbocycles. The van der Waals surface area contributed by atoms with Crippen LogP contribution in [0.5, 0.6) is 0 Å².